The van der Waals surface area contributed by atoms with Gasteiger partial charge in [0.1, 0.15) is 0 Å². The number of aliphatic hydroxyl groups is 1. The Morgan fingerprint density at radius 3 is 2.67 bits per heavy atom. The molecule has 1 aromatic heterocycles. The largest absolute Gasteiger partial charge is 0.391 e. The first-order valence-corrected chi connectivity index (χ1v) is 7.06. The Hall–Kier alpha value is -2.14. The van der Waals surface area contributed by atoms with Crippen molar-refractivity contribution in [2.75, 3.05) is 18.5 Å². The summed E-state index contributed by atoms with van der Waals surface area (Å²) in [6.07, 6.45) is 1.99. The van der Waals surface area contributed by atoms with Crippen molar-refractivity contribution in [1.29, 1.82) is 0 Å². The lowest BCUT2D eigenvalue weighted by Crippen LogP contribution is -2.29. The van der Waals surface area contributed by atoms with E-state index in [9.17, 15) is 9.90 Å². The number of nitrogens with zero attached hydrogens (tertiary/aromatic N) is 3. The summed E-state index contributed by atoms with van der Waals surface area (Å²) < 4.78 is 1.28. The van der Waals surface area contributed by atoms with E-state index in [-0.39, 0.29) is 12.1 Å². The van der Waals surface area contributed by atoms with Gasteiger partial charge < -0.3 is 10.0 Å². The molecular weight excluding hydrogens is 266 g/mol. The van der Waals surface area contributed by atoms with Crippen molar-refractivity contribution in [2.45, 2.75) is 26.0 Å². The van der Waals surface area contributed by atoms with Crippen molar-refractivity contribution in [3.63, 3.8) is 0 Å². The average molecular weight is 287 g/mol. The van der Waals surface area contributed by atoms with Gasteiger partial charge in [-0.1, -0.05) is 30.3 Å². The lowest BCUT2D eigenvalue weighted by atomic mass is 10.1. The average Bonchev–Trinajstić information content (AvgIpc) is 2.47. The van der Waals surface area contributed by atoms with E-state index in [2.05, 4.69) is 17.2 Å². The van der Waals surface area contributed by atoms with Gasteiger partial charge in [0, 0.05) is 19.7 Å². The highest BCUT2D eigenvalue weighted by Crippen LogP contribution is 2.09. The molecule has 2 aromatic rings. The molecule has 2 rings (SSSR count). The molecule has 0 aliphatic rings. The second kappa shape index (κ2) is 7.04. The van der Waals surface area contributed by atoms with Crippen LogP contribution in [0, 0.1) is 0 Å². The molecule has 0 bridgehead atoms. The van der Waals surface area contributed by atoms with E-state index in [0.717, 1.165) is 18.7 Å². The molecule has 0 fully saturated rings. The van der Waals surface area contributed by atoms with Gasteiger partial charge in [-0.15, -0.1) is 0 Å². The number of hydrogen-bond acceptors (Lipinski definition) is 4. The maximum atomic E-state index is 11.9. The second-order valence-corrected chi connectivity index (χ2v) is 5.24. The van der Waals surface area contributed by atoms with Crippen LogP contribution in [0.2, 0.25) is 0 Å². The first-order chi connectivity index (χ1) is 10.1. The quantitative estimate of drug-likeness (QED) is 0.870. The smallest absolute Gasteiger partial charge is 0.268 e. The second-order valence-electron chi connectivity index (χ2n) is 5.24. The van der Waals surface area contributed by atoms with Crippen LogP contribution >= 0.6 is 0 Å². The maximum Gasteiger partial charge on any atom is 0.268 e. The fraction of sp³-hybridized carbons (Fsp3) is 0.375. The number of rotatable bonds is 6. The summed E-state index contributed by atoms with van der Waals surface area (Å²) in [6.45, 7) is 2.66. The zero-order chi connectivity index (χ0) is 15.2. The number of hydrogen-bond donors (Lipinski definition) is 1. The monoisotopic (exact) mass is 287 g/mol. The predicted molar refractivity (Wildman–Crippen MR) is 83.6 cm³/mol. The minimum absolute atomic E-state index is 0.194. The van der Waals surface area contributed by atoms with E-state index in [0.29, 0.717) is 0 Å². The topological polar surface area (TPSA) is 58.4 Å². The lowest BCUT2D eigenvalue weighted by Gasteiger charge is -2.19. The molecule has 0 saturated carbocycles. The van der Waals surface area contributed by atoms with E-state index in [1.807, 2.05) is 30.1 Å². The molecule has 0 aliphatic carbocycles. The summed E-state index contributed by atoms with van der Waals surface area (Å²) in [4.78, 5) is 13.9. The van der Waals surface area contributed by atoms with Gasteiger partial charge in [0.2, 0.25) is 0 Å². The summed E-state index contributed by atoms with van der Waals surface area (Å²) in [6, 6.07) is 11.8. The normalized spacial score (nSPS) is 12.1. The van der Waals surface area contributed by atoms with Crippen LogP contribution < -0.4 is 10.5 Å². The summed E-state index contributed by atoms with van der Waals surface area (Å²) in [5, 5.41) is 13.4. The lowest BCUT2D eigenvalue weighted by molar-refractivity contribution is 0.166. The van der Waals surface area contributed by atoms with Crippen LogP contribution in [0.25, 0.3) is 0 Å². The minimum atomic E-state index is -0.586. The summed E-state index contributed by atoms with van der Waals surface area (Å²) >= 11 is 0. The van der Waals surface area contributed by atoms with Crippen LogP contribution in [-0.4, -0.2) is 34.6 Å². The number of aromatic nitrogens is 2. The van der Waals surface area contributed by atoms with E-state index in [1.165, 1.54) is 10.2 Å². The van der Waals surface area contributed by atoms with Crippen molar-refractivity contribution in [3.05, 3.63) is 58.5 Å². The molecule has 0 radical (unpaired) electrons. The van der Waals surface area contributed by atoms with E-state index in [1.54, 1.807) is 19.2 Å². The van der Waals surface area contributed by atoms with Crippen LogP contribution in [0.1, 0.15) is 12.5 Å². The van der Waals surface area contributed by atoms with Crippen LogP contribution in [0.5, 0.6) is 0 Å². The molecule has 1 atom stereocenters. The Bertz CT molecular complexity index is 623. The first kappa shape index (κ1) is 15.3. The third kappa shape index (κ3) is 4.43. The maximum absolute atomic E-state index is 11.9. The van der Waals surface area contributed by atoms with Gasteiger partial charge in [-0.25, -0.2) is 4.68 Å². The third-order valence-electron chi connectivity index (χ3n) is 3.31. The van der Waals surface area contributed by atoms with Gasteiger partial charge in [-0.2, -0.15) is 5.10 Å². The van der Waals surface area contributed by atoms with E-state index >= 15 is 0 Å². The van der Waals surface area contributed by atoms with Gasteiger partial charge >= 0.3 is 0 Å². The van der Waals surface area contributed by atoms with Crippen LogP contribution in [0.15, 0.2) is 47.4 Å². The van der Waals surface area contributed by atoms with Crippen molar-refractivity contribution < 1.29 is 5.11 Å². The van der Waals surface area contributed by atoms with Crippen molar-refractivity contribution in [1.82, 2.24) is 9.78 Å². The minimum Gasteiger partial charge on any atom is -0.391 e. The Balaban J connectivity index is 2.01. The Kier molecular flexibility index (Phi) is 5.11. The van der Waals surface area contributed by atoms with Crippen molar-refractivity contribution in [2.24, 2.45) is 0 Å². The van der Waals surface area contributed by atoms with Crippen LogP contribution in [0.4, 0.5) is 5.69 Å². The van der Waals surface area contributed by atoms with E-state index < -0.39 is 6.10 Å². The zero-order valence-electron chi connectivity index (χ0n) is 12.4. The predicted octanol–water partition coefficient (Wildman–Crippen LogP) is 1.30. The number of benzene rings is 1. The molecule has 0 aliphatic heterocycles. The molecular formula is C16H21N3O2. The fourth-order valence-corrected chi connectivity index (χ4v) is 2.09. The first-order valence-electron chi connectivity index (χ1n) is 7.06. The molecule has 112 valence electrons. The molecule has 0 amide bonds. The zero-order valence-corrected chi connectivity index (χ0v) is 12.4. The van der Waals surface area contributed by atoms with Gasteiger partial charge in [-0.05, 0) is 18.9 Å². The molecule has 5 heteroatoms. The summed E-state index contributed by atoms with van der Waals surface area (Å²) in [5.41, 5.74) is 1.86. The SMILES string of the molecule is CC(O)Cn1ncc(N(C)CCc2ccccc2)cc1=O. The molecule has 1 heterocycles. The highest BCUT2D eigenvalue weighted by molar-refractivity contribution is 5.42. The molecule has 1 aromatic carbocycles. The number of aliphatic hydroxyl groups excluding tert-OH is 1. The summed E-state index contributed by atoms with van der Waals surface area (Å²) in [7, 11) is 1.94. The molecule has 1 N–H and O–H groups in total. The number of likely N-dealkylation sites (N-methyl/N-ethyl adjacent to an activating group) is 1. The van der Waals surface area contributed by atoms with Gasteiger partial charge in [0.05, 0.1) is 24.5 Å². The fourth-order valence-electron chi connectivity index (χ4n) is 2.09. The van der Waals surface area contributed by atoms with Gasteiger partial charge in [0.25, 0.3) is 5.56 Å². The van der Waals surface area contributed by atoms with Crippen LogP contribution in [-0.2, 0) is 13.0 Å². The Morgan fingerprint density at radius 1 is 1.33 bits per heavy atom. The summed E-state index contributed by atoms with van der Waals surface area (Å²) in [5.74, 6) is 0. The van der Waals surface area contributed by atoms with Gasteiger partial charge in [-0.3, -0.25) is 4.79 Å². The van der Waals surface area contributed by atoms with Crippen molar-refractivity contribution >= 4 is 5.69 Å². The van der Waals surface area contributed by atoms with Crippen molar-refractivity contribution in [3.8, 4) is 0 Å². The number of anilines is 1. The highest BCUT2D eigenvalue weighted by atomic mass is 16.3. The standard InChI is InChI=1S/C16H21N3O2/c1-13(20)12-19-16(21)10-15(11-17-19)18(2)9-8-14-6-4-3-5-7-14/h3-7,10-11,13,20H,8-9,12H2,1-2H3. The van der Waals surface area contributed by atoms with Crippen LogP contribution in [0.3, 0.4) is 0 Å². The third-order valence-corrected chi connectivity index (χ3v) is 3.31. The van der Waals surface area contributed by atoms with E-state index in [4.69, 9.17) is 0 Å². The Labute approximate surface area is 124 Å². The molecule has 5 nitrogen and oxygen atoms in total. The molecule has 21 heavy (non-hydrogen) atoms. The Morgan fingerprint density at radius 2 is 2.05 bits per heavy atom. The highest BCUT2D eigenvalue weighted by Gasteiger charge is 2.06. The molecule has 0 spiro atoms. The van der Waals surface area contributed by atoms with Gasteiger partial charge in [0.15, 0.2) is 0 Å². The molecule has 0 saturated heterocycles. The molecule has 1 unspecified atom stereocenters.